The van der Waals surface area contributed by atoms with E-state index in [-0.39, 0.29) is 11.8 Å². The Hall–Kier alpha value is -1.75. The molecule has 0 saturated carbocycles. The number of carbonyl (C=O) groups excluding carboxylic acids is 1. The molecule has 0 bridgehead atoms. The van der Waals surface area contributed by atoms with E-state index in [9.17, 15) is 9.18 Å². The first-order chi connectivity index (χ1) is 11.1. The monoisotopic (exact) mass is 335 g/mol. The molecule has 5 heteroatoms. The molecule has 0 saturated heterocycles. The van der Waals surface area contributed by atoms with Crippen LogP contribution in [0.4, 0.5) is 4.39 Å². The second kappa shape index (κ2) is 8.77. The van der Waals surface area contributed by atoms with Crippen LogP contribution >= 0.6 is 11.3 Å². The Morgan fingerprint density at radius 3 is 2.78 bits per heavy atom. The van der Waals surface area contributed by atoms with Crippen LogP contribution in [0.3, 0.4) is 0 Å². The highest BCUT2D eigenvalue weighted by atomic mass is 32.1. The molecule has 0 N–H and O–H groups in total. The van der Waals surface area contributed by atoms with Crippen molar-refractivity contribution < 1.29 is 13.9 Å². The van der Waals surface area contributed by atoms with Gasteiger partial charge >= 0.3 is 5.97 Å². The van der Waals surface area contributed by atoms with E-state index in [1.165, 1.54) is 6.07 Å². The standard InChI is InChI=1S/C18H22FNO2S/c1-3-22-18(21)17-13(2)23-16(20-17)11-6-4-5-8-14-9-7-10-15(19)12-14/h7,9-10,12H,3-6,8,11H2,1-2H3. The molecular formula is C18H22FNO2S. The number of hydrogen-bond donors (Lipinski definition) is 0. The first kappa shape index (κ1) is 17.6. The number of unbranched alkanes of at least 4 members (excludes halogenated alkanes) is 2. The van der Waals surface area contributed by atoms with E-state index in [2.05, 4.69) is 4.98 Å². The average molecular weight is 335 g/mol. The fourth-order valence-corrected chi connectivity index (χ4v) is 3.38. The summed E-state index contributed by atoms with van der Waals surface area (Å²) in [5.74, 6) is -0.508. The predicted molar refractivity (Wildman–Crippen MR) is 90.5 cm³/mol. The van der Waals surface area contributed by atoms with Crippen molar-refractivity contribution >= 4 is 17.3 Å². The summed E-state index contributed by atoms with van der Waals surface area (Å²) in [7, 11) is 0. The molecular weight excluding hydrogens is 313 g/mol. The highest BCUT2D eigenvalue weighted by molar-refractivity contribution is 7.11. The molecule has 0 amide bonds. The van der Waals surface area contributed by atoms with Crippen LogP contribution in [-0.4, -0.2) is 17.6 Å². The van der Waals surface area contributed by atoms with Crippen molar-refractivity contribution in [3.8, 4) is 0 Å². The van der Waals surface area contributed by atoms with Gasteiger partial charge in [-0.1, -0.05) is 18.6 Å². The Labute approximate surface area is 140 Å². The third kappa shape index (κ3) is 5.43. The van der Waals surface area contributed by atoms with Gasteiger partial charge in [0.15, 0.2) is 5.69 Å². The number of carbonyl (C=O) groups is 1. The molecule has 0 aliphatic rings. The van der Waals surface area contributed by atoms with Crippen LogP contribution in [0.25, 0.3) is 0 Å². The van der Waals surface area contributed by atoms with Crippen LogP contribution in [0.2, 0.25) is 0 Å². The fourth-order valence-electron chi connectivity index (χ4n) is 2.42. The van der Waals surface area contributed by atoms with E-state index in [0.29, 0.717) is 12.3 Å². The van der Waals surface area contributed by atoms with Crippen molar-refractivity contribution in [2.75, 3.05) is 6.61 Å². The Morgan fingerprint density at radius 2 is 2.04 bits per heavy atom. The second-order valence-electron chi connectivity index (χ2n) is 5.42. The molecule has 1 aromatic heterocycles. The highest BCUT2D eigenvalue weighted by Crippen LogP contribution is 2.20. The molecule has 1 aromatic carbocycles. The summed E-state index contributed by atoms with van der Waals surface area (Å²) in [6.45, 7) is 4.06. The maximum Gasteiger partial charge on any atom is 0.358 e. The van der Waals surface area contributed by atoms with Gasteiger partial charge in [-0.25, -0.2) is 14.2 Å². The third-order valence-corrected chi connectivity index (χ3v) is 4.59. The van der Waals surface area contributed by atoms with Crippen molar-refractivity contribution in [3.05, 3.63) is 51.2 Å². The SMILES string of the molecule is CCOC(=O)c1nc(CCCCCc2cccc(F)c2)sc1C. The number of esters is 1. The minimum atomic E-state index is -0.335. The first-order valence-electron chi connectivity index (χ1n) is 7.98. The molecule has 0 aliphatic heterocycles. The van der Waals surface area contributed by atoms with E-state index in [4.69, 9.17) is 4.74 Å². The van der Waals surface area contributed by atoms with Crippen molar-refractivity contribution in [2.24, 2.45) is 0 Å². The number of rotatable bonds is 8. The van der Waals surface area contributed by atoms with Crippen LogP contribution < -0.4 is 0 Å². The lowest BCUT2D eigenvalue weighted by Gasteiger charge is -2.01. The predicted octanol–water partition coefficient (Wildman–Crippen LogP) is 4.72. The Bertz CT molecular complexity index is 654. The molecule has 0 aliphatic carbocycles. The molecule has 2 rings (SSSR count). The number of ether oxygens (including phenoxy) is 1. The summed E-state index contributed by atoms with van der Waals surface area (Å²) in [6, 6.07) is 6.77. The summed E-state index contributed by atoms with van der Waals surface area (Å²) in [6.07, 6.45) is 4.86. The summed E-state index contributed by atoms with van der Waals surface area (Å²) in [5, 5.41) is 0.983. The van der Waals surface area contributed by atoms with Crippen LogP contribution in [0.5, 0.6) is 0 Å². The van der Waals surface area contributed by atoms with Crippen molar-refractivity contribution in [3.63, 3.8) is 0 Å². The number of thiazole rings is 1. The number of aryl methyl sites for hydroxylation is 3. The van der Waals surface area contributed by atoms with Crippen LogP contribution in [0, 0.1) is 12.7 Å². The second-order valence-corrected chi connectivity index (χ2v) is 6.71. The van der Waals surface area contributed by atoms with E-state index >= 15 is 0 Å². The van der Waals surface area contributed by atoms with Gasteiger partial charge in [0.25, 0.3) is 0 Å². The van der Waals surface area contributed by atoms with Gasteiger partial charge in [-0.15, -0.1) is 11.3 Å². The molecule has 0 spiro atoms. The zero-order chi connectivity index (χ0) is 16.7. The molecule has 23 heavy (non-hydrogen) atoms. The van der Waals surface area contributed by atoms with Crippen LogP contribution in [0.1, 0.15) is 52.1 Å². The molecule has 0 fully saturated rings. The van der Waals surface area contributed by atoms with Crippen molar-refractivity contribution in [1.29, 1.82) is 0 Å². The van der Waals surface area contributed by atoms with Gasteiger partial charge in [-0.3, -0.25) is 0 Å². The minimum absolute atomic E-state index is 0.174. The molecule has 0 radical (unpaired) electrons. The zero-order valence-corrected chi connectivity index (χ0v) is 14.4. The summed E-state index contributed by atoms with van der Waals surface area (Å²) in [5.41, 5.74) is 1.49. The number of halogens is 1. The normalized spacial score (nSPS) is 10.7. The lowest BCUT2D eigenvalue weighted by atomic mass is 10.1. The van der Waals surface area contributed by atoms with Gasteiger partial charge in [-0.05, 0) is 57.2 Å². The largest absolute Gasteiger partial charge is 0.461 e. The molecule has 2 aromatic rings. The minimum Gasteiger partial charge on any atom is -0.461 e. The summed E-state index contributed by atoms with van der Waals surface area (Å²) in [4.78, 5) is 17.0. The lowest BCUT2D eigenvalue weighted by Crippen LogP contribution is -2.06. The molecule has 1 heterocycles. The number of nitrogens with zero attached hydrogens (tertiary/aromatic N) is 1. The van der Waals surface area contributed by atoms with E-state index in [1.807, 2.05) is 13.0 Å². The average Bonchev–Trinajstić information content (AvgIpc) is 2.88. The fraction of sp³-hybridized carbons (Fsp3) is 0.444. The van der Waals surface area contributed by atoms with Crippen molar-refractivity contribution in [1.82, 2.24) is 4.98 Å². The molecule has 3 nitrogen and oxygen atoms in total. The van der Waals surface area contributed by atoms with Crippen molar-refractivity contribution in [2.45, 2.75) is 46.0 Å². The number of aromatic nitrogens is 1. The van der Waals surface area contributed by atoms with Crippen LogP contribution in [-0.2, 0) is 17.6 Å². The Morgan fingerprint density at radius 1 is 1.26 bits per heavy atom. The summed E-state index contributed by atoms with van der Waals surface area (Å²) < 4.78 is 18.1. The Kier molecular flexibility index (Phi) is 6.71. The molecule has 0 unspecified atom stereocenters. The maximum atomic E-state index is 13.1. The number of hydrogen-bond acceptors (Lipinski definition) is 4. The smallest absolute Gasteiger partial charge is 0.358 e. The molecule has 0 atom stereocenters. The summed E-state index contributed by atoms with van der Waals surface area (Å²) >= 11 is 1.56. The van der Waals surface area contributed by atoms with Gasteiger partial charge in [-0.2, -0.15) is 0 Å². The van der Waals surface area contributed by atoms with Crippen LogP contribution in [0.15, 0.2) is 24.3 Å². The van der Waals surface area contributed by atoms with Gasteiger partial charge in [0.2, 0.25) is 0 Å². The van der Waals surface area contributed by atoms with E-state index in [0.717, 1.165) is 47.6 Å². The van der Waals surface area contributed by atoms with Gasteiger partial charge in [0.05, 0.1) is 11.6 Å². The Balaban J connectivity index is 1.74. The number of benzene rings is 1. The quantitative estimate of drug-likeness (QED) is 0.517. The zero-order valence-electron chi connectivity index (χ0n) is 13.6. The van der Waals surface area contributed by atoms with Gasteiger partial charge in [0.1, 0.15) is 5.82 Å². The molecule has 124 valence electrons. The van der Waals surface area contributed by atoms with E-state index < -0.39 is 0 Å². The van der Waals surface area contributed by atoms with E-state index in [1.54, 1.807) is 30.4 Å². The highest BCUT2D eigenvalue weighted by Gasteiger charge is 2.15. The first-order valence-corrected chi connectivity index (χ1v) is 8.79. The van der Waals surface area contributed by atoms with Gasteiger partial charge < -0.3 is 4.74 Å². The van der Waals surface area contributed by atoms with Gasteiger partial charge in [0, 0.05) is 4.88 Å². The maximum absolute atomic E-state index is 13.1. The lowest BCUT2D eigenvalue weighted by molar-refractivity contribution is 0.0519. The topological polar surface area (TPSA) is 39.2 Å². The third-order valence-electron chi connectivity index (χ3n) is 3.55.